The number of aliphatic hydroxyl groups is 1. The molecule has 9 nitrogen and oxygen atoms in total. The highest BCUT2D eigenvalue weighted by molar-refractivity contribution is 6.07. The monoisotopic (exact) mass is 426 g/mol. The number of nitrogens with one attached hydrogen (secondary N) is 2. The van der Waals surface area contributed by atoms with Crippen LogP contribution in [0.1, 0.15) is 13.3 Å². The minimum absolute atomic E-state index is 0.0412. The fraction of sp³-hybridized carbons (Fsp3) is 0.526. The molecule has 2 aliphatic rings. The molecule has 2 saturated heterocycles. The van der Waals surface area contributed by atoms with Crippen molar-refractivity contribution in [1.29, 1.82) is 0 Å². The minimum atomic E-state index is -1.27. The SMILES string of the molecule is COc1cc(N2CCN(C(=O)C(CO)C[C@@]3(C)NC(=O)NC3=O)CC2)cc(F)c1F. The average Bonchev–Trinajstić information content (AvgIpc) is 2.99. The molecule has 0 spiro atoms. The first kappa shape index (κ1) is 21.8. The number of rotatable bonds is 6. The lowest BCUT2D eigenvalue weighted by atomic mass is 9.88. The van der Waals surface area contributed by atoms with Gasteiger partial charge in [-0.15, -0.1) is 0 Å². The fourth-order valence-corrected chi connectivity index (χ4v) is 3.77. The topological polar surface area (TPSA) is 111 Å². The van der Waals surface area contributed by atoms with Gasteiger partial charge in [-0.3, -0.25) is 14.9 Å². The van der Waals surface area contributed by atoms with Crippen LogP contribution in [0.4, 0.5) is 19.3 Å². The zero-order valence-corrected chi connectivity index (χ0v) is 16.7. The van der Waals surface area contributed by atoms with Crippen molar-refractivity contribution in [2.24, 2.45) is 5.92 Å². The number of nitrogens with zero attached hydrogens (tertiary/aromatic N) is 2. The molecule has 0 aliphatic carbocycles. The van der Waals surface area contributed by atoms with Gasteiger partial charge in [0.05, 0.1) is 19.6 Å². The molecule has 0 aromatic heterocycles. The van der Waals surface area contributed by atoms with Crippen molar-refractivity contribution in [3.05, 3.63) is 23.8 Å². The summed E-state index contributed by atoms with van der Waals surface area (Å²) in [5.74, 6) is -4.03. The summed E-state index contributed by atoms with van der Waals surface area (Å²) in [6.07, 6.45) is -0.0412. The molecular formula is C19H24F2N4O5. The van der Waals surface area contributed by atoms with Crippen molar-refractivity contribution < 1.29 is 33.0 Å². The number of benzene rings is 1. The summed E-state index contributed by atoms with van der Waals surface area (Å²) in [6.45, 7) is 2.35. The van der Waals surface area contributed by atoms with Crippen molar-refractivity contribution in [2.45, 2.75) is 18.9 Å². The number of urea groups is 1. The Morgan fingerprint density at radius 2 is 1.93 bits per heavy atom. The van der Waals surface area contributed by atoms with Gasteiger partial charge in [-0.05, 0) is 13.3 Å². The van der Waals surface area contributed by atoms with Crippen molar-refractivity contribution >= 4 is 23.5 Å². The summed E-state index contributed by atoms with van der Waals surface area (Å²) in [5.41, 5.74) is -0.834. The molecule has 3 N–H and O–H groups in total. The predicted molar refractivity (Wildman–Crippen MR) is 102 cm³/mol. The number of halogens is 2. The van der Waals surface area contributed by atoms with Crippen molar-refractivity contribution in [1.82, 2.24) is 15.5 Å². The number of imide groups is 1. The Morgan fingerprint density at radius 1 is 1.27 bits per heavy atom. The molecule has 0 saturated carbocycles. The summed E-state index contributed by atoms with van der Waals surface area (Å²) in [5, 5.41) is 14.3. The summed E-state index contributed by atoms with van der Waals surface area (Å²) >= 11 is 0. The number of carbonyl (C=O) groups is 3. The molecule has 1 aromatic carbocycles. The maximum absolute atomic E-state index is 13.8. The Morgan fingerprint density at radius 3 is 2.47 bits per heavy atom. The first-order valence-corrected chi connectivity index (χ1v) is 9.49. The third-order valence-electron chi connectivity index (χ3n) is 5.50. The van der Waals surface area contributed by atoms with Crippen LogP contribution in [-0.2, 0) is 9.59 Å². The van der Waals surface area contributed by atoms with E-state index in [4.69, 9.17) is 4.74 Å². The molecule has 11 heteroatoms. The van der Waals surface area contributed by atoms with Crippen LogP contribution in [0.3, 0.4) is 0 Å². The van der Waals surface area contributed by atoms with Gasteiger partial charge in [0.25, 0.3) is 5.91 Å². The van der Waals surface area contributed by atoms with Gasteiger partial charge in [-0.2, -0.15) is 4.39 Å². The van der Waals surface area contributed by atoms with Crippen LogP contribution < -0.4 is 20.3 Å². The third kappa shape index (κ3) is 4.16. The highest BCUT2D eigenvalue weighted by atomic mass is 19.2. The molecule has 2 aliphatic heterocycles. The van der Waals surface area contributed by atoms with E-state index in [0.717, 1.165) is 6.07 Å². The molecule has 0 radical (unpaired) electrons. The van der Waals surface area contributed by atoms with E-state index >= 15 is 0 Å². The van der Waals surface area contributed by atoms with Crippen LogP contribution >= 0.6 is 0 Å². The average molecular weight is 426 g/mol. The predicted octanol–water partition coefficient (Wildman–Crippen LogP) is 0.219. The zero-order valence-electron chi connectivity index (χ0n) is 16.7. The number of anilines is 1. The van der Waals surface area contributed by atoms with E-state index in [1.54, 1.807) is 9.80 Å². The van der Waals surface area contributed by atoms with E-state index in [9.17, 15) is 28.3 Å². The van der Waals surface area contributed by atoms with Gasteiger partial charge in [0.2, 0.25) is 11.7 Å². The summed E-state index contributed by atoms with van der Waals surface area (Å²) < 4.78 is 32.3. The van der Waals surface area contributed by atoms with E-state index in [1.807, 2.05) is 0 Å². The molecule has 0 bridgehead atoms. The van der Waals surface area contributed by atoms with Crippen molar-refractivity contribution in [3.63, 3.8) is 0 Å². The van der Waals surface area contributed by atoms with E-state index in [-0.39, 0.29) is 18.1 Å². The van der Waals surface area contributed by atoms with Gasteiger partial charge >= 0.3 is 6.03 Å². The standard InChI is InChI=1S/C19H24F2N4O5/c1-19(17(28)22-18(29)23-19)9-11(10-26)16(27)25-5-3-24(4-6-25)12-7-13(20)15(21)14(8-12)30-2/h7-8,11,26H,3-6,9-10H2,1-2H3,(H2,22,23,28,29)/t11?,19-/m1/s1. The Bertz CT molecular complexity index is 860. The van der Waals surface area contributed by atoms with Crippen LogP contribution in [0.2, 0.25) is 0 Å². The second kappa shape index (κ2) is 8.42. The summed E-state index contributed by atoms with van der Waals surface area (Å²) in [7, 11) is 1.25. The molecule has 30 heavy (non-hydrogen) atoms. The second-order valence-corrected chi connectivity index (χ2v) is 7.58. The first-order chi connectivity index (χ1) is 14.2. The number of amides is 4. The van der Waals surface area contributed by atoms with E-state index < -0.39 is 41.6 Å². The number of piperazine rings is 1. The Kier molecular flexibility index (Phi) is 6.11. The maximum Gasteiger partial charge on any atom is 0.322 e. The van der Waals surface area contributed by atoms with Gasteiger partial charge < -0.3 is 25.0 Å². The molecule has 164 valence electrons. The summed E-state index contributed by atoms with van der Waals surface area (Å²) in [4.78, 5) is 39.6. The number of carbonyl (C=O) groups excluding carboxylic acids is 3. The second-order valence-electron chi connectivity index (χ2n) is 7.58. The lowest BCUT2D eigenvalue weighted by Gasteiger charge is -2.38. The largest absolute Gasteiger partial charge is 0.493 e. The minimum Gasteiger partial charge on any atom is -0.493 e. The van der Waals surface area contributed by atoms with Crippen molar-refractivity contribution in [3.8, 4) is 5.75 Å². The van der Waals surface area contributed by atoms with E-state index in [0.29, 0.717) is 31.9 Å². The van der Waals surface area contributed by atoms with Gasteiger partial charge in [-0.25, -0.2) is 9.18 Å². The number of hydrogen-bond acceptors (Lipinski definition) is 6. The lowest BCUT2D eigenvalue weighted by molar-refractivity contribution is -0.138. The molecule has 1 aromatic rings. The molecule has 1 unspecified atom stereocenters. The van der Waals surface area contributed by atoms with Gasteiger partial charge in [0.15, 0.2) is 11.6 Å². The molecule has 3 rings (SSSR count). The van der Waals surface area contributed by atoms with Gasteiger partial charge in [-0.1, -0.05) is 0 Å². The number of hydrogen-bond donors (Lipinski definition) is 3. The van der Waals surface area contributed by atoms with E-state index in [1.165, 1.54) is 20.1 Å². The van der Waals surface area contributed by atoms with Crippen LogP contribution in [-0.4, -0.2) is 73.3 Å². The molecular weight excluding hydrogens is 402 g/mol. The number of ether oxygens (including phenoxy) is 1. The van der Waals surface area contributed by atoms with E-state index in [2.05, 4.69) is 10.6 Å². The Balaban J connectivity index is 1.64. The Hall–Kier alpha value is -2.95. The fourth-order valence-electron chi connectivity index (χ4n) is 3.77. The normalized spacial score (nSPS) is 22.6. The molecule has 4 amide bonds. The molecule has 2 fully saturated rings. The zero-order chi connectivity index (χ0) is 22.1. The number of aliphatic hydroxyl groups excluding tert-OH is 1. The van der Waals surface area contributed by atoms with Gasteiger partial charge in [0.1, 0.15) is 5.54 Å². The van der Waals surface area contributed by atoms with Crippen molar-refractivity contribution in [2.75, 3.05) is 44.8 Å². The van der Waals surface area contributed by atoms with Crippen LogP contribution in [0.15, 0.2) is 12.1 Å². The smallest absolute Gasteiger partial charge is 0.322 e. The summed E-state index contributed by atoms with van der Waals surface area (Å²) in [6, 6.07) is 1.84. The Labute approximate surface area is 172 Å². The molecule has 2 atom stereocenters. The van der Waals surface area contributed by atoms with Crippen LogP contribution in [0.25, 0.3) is 0 Å². The highest BCUT2D eigenvalue weighted by Crippen LogP contribution is 2.28. The number of methoxy groups -OCH3 is 1. The highest BCUT2D eigenvalue weighted by Gasteiger charge is 2.45. The van der Waals surface area contributed by atoms with Crippen LogP contribution in [0.5, 0.6) is 5.75 Å². The van der Waals surface area contributed by atoms with Crippen LogP contribution in [0, 0.1) is 17.6 Å². The lowest BCUT2D eigenvalue weighted by Crippen LogP contribution is -2.53. The van der Waals surface area contributed by atoms with Gasteiger partial charge in [0, 0.05) is 44.0 Å². The third-order valence-corrected chi connectivity index (χ3v) is 5.50. The quantitative estimate of drug-likeness (QED) is 0.562. The molecule has 2 heterocycles. The first-order valence-electron chi connectivity index (χ1n) is 9.49. The maximum atomic E-state index is 13.8.